The number of hydrogen-bond donors (Lipinski definition) is 1. The second-order valence-corrected chi connectivity index (χ2v) is 5.06. The van der Waals surface area contributed by atoms with E-state index in [1.807, 2.05) is 0 Å². The van der Waals surface area contributed by atoms with Crippen molar-refractivity contribution >= 4 is 0 Å². The molecule has 0 bridgehead atoms. The van der Waals surface area contributed by atoms with Crippen LogP contribution in [0.5, 0.6) is 0 Å². The van der Waals surface area contributed by atoms with Gasteiger partial charge in [-0.25, -0.2) is 0 Å². The topological polar surface area (TPSA) is 12.0 Å². The Morgan fingerprint density at radius 2 is 1.76 bits per heavy atom. The first-order valence-corrected chi connectivity index (χ1v) is 6.91. The van der Waals surface area contributed by atoms with E-state index in [0.29, 0.717) is 6.04 Å². The van der Waals surface area contributed by atoms with Crippen molar-refractivity contribution in [2.45, 2.75) is 58.9 Å². The van der Waals surface area contributed by atoms with Crippen LogP contribution < -0.4 is 5.32 Å². The third-order valence-electron chi connectivity index (χ3n) is 3.66. The van der Waals surface area contributed by atoms with Gasteiger partial charge in [-0.05, 0) is 50.4 Å². The van der Waals surface area contributed by atoms with Crippen LogP contribution in [-0.4, -0.2) is 13.1 Å². The molecular formula is C16H27N. The van der Waals surface area contributed by atoms with E-state index in [4.69, 9.17) is 0 Å². The number of benzene rings is 1. The third-order valence-corrected chi connectivity index (χ3v) is 3.66. The molecule has 0 saturated carbocycles. The van der Waals surface area contributed by atoms with Gasteiger partial charge < -0.3 is 5.32 Å². The summed E-state index contributed by atoms with van der Waals surface area (Å²) in [5, 5.41) is 3.46. The van der Waals surface area contributed by atoms with Crippen molar-refractivity contribution < 1.29 is 0 Å². The highest BCUT2D eigenvalue weighted by atomic mass is 14.9. The lowest BCUT2D eigenvalue weighted by Crippen LogP contribution is -2.28. The van der Waals surface area contributed by atoms with Gasteiger partial charge in [-0.2, -0.15) is 0 Å². The summed E-state index contributed by atoms with van der Waals surface area (Å²) in [4.78, 5) is 0. The van der Waals surface area contributed by atoms with Gasteiger partial charge in [0.1, 0.15) is 0 Å². The minimum absolute atomic E-state index is 0.626. The molecule has 0 aliphatic heterocycles. The van der Waals surface area contributed by atoms with E-state index >= 15 is 0 Å². The molecule has 0 amide bonds. The van der Waals surface area contributed by atoms with Crippen LogP contribution in [0.15, 0.2) is 18.2 Å². The molecule has 1 aromatic carbocycles. The highest BCUT2D eigenvalue weighted by Gasteiger charge is 2.10. The summed E-state index contributed by atoms with van der Waals surface area (Å²) >= 11 is 0. The van der Waals surface area contributed by atoms with Crippen molar-refractivity contribution in [3.8, 4) is 0 Å². The van der Waals surface area contributed by atoms with Crippen molar-refractivity contribution in [1.82, 2.24) is 5.32 Å². The van der Waals surface area contributed by atoms with Crippen molar-refractivity contribution in [2.75, 3.05) is 7.05 Å². The van der Waals surface area contributed by atoms with Gasteiger partial charge in [-0.15, -0.1) is 0 Å². The number of likely N-dealkylation sites (N-methyl/N-ethyl adjacent to an activating group) is 1. The van der Waals surface area contributed by atoms with Gasteiger partial charge in [0.2, 0.25) is 0 Å². The molecule has 1 atom stereocenters. The fraction of sp³-hybridized carbons (Fsp3) is 0.625. The predicted octanol–water partition coefficient (Wildman–Crippen LogP) is 4.01. The Balaban J connectivity index is 2.60. The molecule has 0 fully saturated rings. The first-order valence-electron chi connectivity index (χ1n) is 6.91. The molecule has 0 radical (unpaired) electrons. The molecular weight excluding hydrogens is 206 g/mol. The number of unbranched alkanes of at least 4 members (excludes halogenated alkanes) is 2. The molecule has 0 aliphatic rings. The Hall–Kier alpha value is -0.820. The Bertz CT molecular complexity index is 310. The summed E-state index contributed by atoms with van der Waals surface area (Å²) in [5.74, 6) is 0. The number of aryl methyl sites for hydroxylation is 2. The highest BCUT2D eigenvalue weighted by Crippen LogP contribution is 2.17. The average molecular weight is 233 g/mol. The number of nitrogens with one attached hydrogen (secondary N) is 1. The minimum atomic E-state index is 0.626. The minimum Gasteiger partial charge on any atom is -0.317 e. The summed E-state index contributed by atoms with van der Waals surface area (Å²) in [6.45, 7) is 6.71. The lowest BCUT2D eigenvalue weighted by atomic mass is 9.94. The molecule has 1 unspecified atom stereocenters. The van der Waals surface area contributed by atoms with Crippen LogP contribution in [0, 0.1) is 13.8 Å². The summed E-state index contributed by atoms with van der Waals surface area (Å²) in [5.41, 5.74) is 4.39. The van der Waals surface area contributed by atoms with Crippen LogP contribution in [0.25, 0.3) is 0 Å². The van der Waals surface area contributed by atoms with Gasteiger partial charge in [0, 0.05) is 6.04 Å². The maximum atomic E-state index is 3.46. The lowest BCUT2D eigenvalue weighted by molar-refractivity contribution is 0.488. The van der Waals surface area contributed by atoms with E-state index in [9.17, 15) is 0 Å². The molecule has 1 rings (SSSR count). The van der Waals surface area contributed by atoms with Gasteiger partial charge in [0.05, 0.1) is 0 Å². The second-order valence-electron chi connectivity index (χ2n) is 5.06. The van der Waals surface area contributed by atoms with Gasteiger partial charge in [0.25, 0.3) is 0 Å². The summed E-state index contributed by atoms with van der Waals surface area (Å²) in [6.07, 6.45) is 6.45. The number of hydrogen-bond acceptors (Lipinski definition) is 1. The van der Waals surface area contributed by atoms with Crippen LogP contribution in [0.1, 0.15) is 49.3 Å². The second kappa shape index (κ2) is 7.50. The monoisotopic (exact) mass is 233 g/mol. The van der Waals surface area contributed by atoms with Gasteiger partial charge >= 0.3 is 0 Å². The summed E-state index contributed by atoms with van der Waals surface area (Å²) in [7, 11) is 2.09. The summed E-state index contributed by atoms with van der Waals surface area (Å²) in [6, 6.07) is 7.23. The Labute approximate surface area is 107 Å². The van der Waals surface area contributed by atoms with E-state index in [1.54, 1.807) is 0 Å². The van der Waals surface area contributed by atoms with Crippen molar-refractivity contribution in [3.63, 3.8) is 0 Å². The maximum Gasteiger partial charge on any atom is 0.0105 e. The molecule has 0 heterocycles. The third kappa shape index (κ3) is 4.51. The number of rotatable bonds is 7. The molecule has 1 nitrogen and oxygen atoms in total. The molecule has 1 aromatic rings. The quantitative estimate of drug-likeness (QED) is 0.702. The van der Waals surface area contributed by atoms with Crippen molar-refractivity contribution in [3.05, 3.63) is 34.9 Å². The van der Waals surface area contributed by atoms with Crippen LogP contribution in [0.2, 0.25) is 0 Å². The lowest BCUT2D eigenvalue weighted by Gasteiger charge is -2.19. The fourth-order valence-corrected chi connectivity index (χ4v) is 2.41. The fourth-order valence-electron chi connectivity index (χ4n) is 2.41. The van der Waals surface area contributed by atoms with Gasteiger partial charge in [-0.1, -0.05) is 44.4 Å². The molecule has 0 spiro atoms. The first kappa shape index (κ1) is 14.2. The van der Waals surface area contributed by atoms with Gasteiger partial charge in [-0.3, -0.25) is 0 Å². The van der Waals surface area contributed by atoms with Crippen LogP contribution >= 0.6 is 0 Å². The van der Waals surface area contributed by atoms with Crippen molar-refractivity contribution in [1.29, 1.82) is 0 Å². The standard InChI is InChI=1S/C16H27N/c1-5-6-7-11-15(17-4)12-16-13(2)9-8-10-14(16)3/h8-10,15,17H,5-7,11-12H2,1-4H3. The zero-order chi connectivity index (χ0) is 12.7. The molecule has 1 N–H and O–H groups in total. The maximum absolute atomic E-state index is 3.46. The Kier molecular flexibility index (Phi) is 6.28. The molecule has 0 saturated heterocycles. The van der Waals surface area contributed by atoms with Crippen LogP contribution in [0.3, 0.4) is 0 Å². The first-order chi connectivity index (χ1) is 8.19. The Morgan fingerprint density at radius 1 is 1.12 bits per heavy atom. The molecule has 17 heavy (non-hydrogen) atoms. The van der Waals surface area contributed by atoms with E-state index in [1.165, 1.54) is 48.8 Å². The van der Waals surface area contributed by atoms with Crippen molar-refractivity contribution in [2.24, 2.45) is 0 Å². The van der Waals surface area contributed by atoms with E-state index < -0.39 is 0 Å². The SMILES string of the molecule is CCCCCC(Cc1c(C)cccc1C)NC. The molecule has 96 valence electrons. The van der Waals surface area contributed by atoms with Crippen LogP contribution in [0.4, 0.5) is 0 Å². The van der Waals surface area contributed by atoms with E-state index in [0.717, 1.165) is 0 Å². The van der Waals surface area contributed by atoms with E-state index in [2.05, 4.69) is 51.3 Å². The zero-order valence-corrected chi connectivity index (χ0v) is 11.8. The van der Waals surface area contributed by atoms with E-state index in [-0.39, 0.29) is 0 Å². The molecule has 0 aromatic heterocycles. The average Bonchev–Trinajstić information content (AvgIpc) is 2.32. The summed E-state index contributed by atoms with van der Waals surface area (Å²) < 4.78 is 0. The highest BCUT2D eigenvalue weighted by molar-refractivity contribution is 5.34. The molecule has 0 aliphatic carbocycles. The van der Waals surface area contributed by atoms with Crippen LogP contribution in [-0.2, 0) is 6.42 Å². The molecule has 1 heteroatoms. The zero-order valence-electron chi connectivity index (χ0n) is 11.8. The normalized spacial score (nSPS) is 12.7. The largest absolute Gasteiger partial charge is 0.317 e. The Morgan fingerprint density at radius 3 is 2.29 bits per heavy atom. The smallest absolute Gasteiger partial charge is 0.0105 e. The van der Waals surface area contributed by atoms with Gasteiger partial charge in [0.15, 0.2) is 0 Å². The predicted molar refractivity (Wildman–Crippen MR) is 76.6 cm³/mol.